The van der Waals surface area contributed by atoms with Crippen LogP contribution in [-0.4, -0.2) is 9.97 Å². The molecule has 2 rings (SSSR count). The Bertz CT molecular complexity index is 623. The average molecular weight is 227 g/mol. The number of rotatable bonds is 1. The monoisotopic (exact) mass is 227 g/mol. The van der Waals surface area contributed by atoms with E-state index in [0.29, 0.717) is 10.2 Å². The van der Waals surface area contributed by atoms with Crippen LogP contribution >= 0.6 is 12.2 Å². The molecule has 4 heteroatoms. The van der Waals surface area contributed by atoms with Crippen LogP contribution in [0.3, 0.4) is 0 Å². The summed E-state index contributed by atoms with van der Waals surface area (Å²) in [4.78, 5) is 7.23. The van der Waals surface area contributed by atoms with Gasteiger partial charge in [0.25, 0.3) is 0 Å². The summed E-state index contributed by atoms with van der Waals surface area (Å²) in [6.45, 7) is 1.85. The Morgan fingerprint density at radius 2 is 2.19 bits per heavy atom. The van der Waals surface area contributed by atoms with Crippen molar-refractivity contribution in [1.29, 1.82) is 5.26 Å². The minimum absolute atomic E-state index is 0.550. The van der Waals surface area contributed by atoms with Gasteiger partial charge in [0.05, 0.1) is 11.6 Å². The van der Waals surface area contributed by atoms with Gasteiger partial charge in [-0.2, -0.15) is 5.26 Å². The lowest BCUT2D eigenvalue weighted by Gasteiger charge is -2.03. The lowest BCUT2D eigenvalue weighted by Crippen LogP contribution is -1.91. The van der Waals surface area contributed by atoms with Crippen molar-refractivity contribution in [1.82, 2.24) is 9.97 Å². The fourth-order valence-corrected chi connectivity index (χ4v) is 1.75. The zero-order valence-electron chi connectivity index (χ0n) is 8.69. The Labute approximate surface area is 98.4 Å². The first-order chi connectivity index (χ1) is 7.69. The van der Waals surface area contributed by atoms with Crippen molar-refractivity contribution in [2.24, 2.45) is 0 Å². The number of aryl methyl sites for hydroxylation is 1. The van der Waals surface area contributed by atoms with Crippen molar-refractivity contribution in [2.45, 2.75) is 6.92 Å². The van der Waals surface area contributed by atoms with E-state index in [9.17, 15) is 0 Å². The molecule has 0 spiro atoms. The zero-order chi connectivity index (χ0) is 11.5. The summed E-state index contributed by atoms with van der Waals surface area (Å²) in [5.41, 5.74) is 2.46. The van der Waals surface area contributed by atoms with E-state index in [0.717, 1.165) is 17.1 Å². The first-order valence-corrected chi connectivity index (χ1v) is 5.18. The minimum Gasteiger partial charge on any atom is -0.343 e. The molecule has 0 unspecified atom stereocenters. The summed E-state index contributed by atoms with van der Waals surface area (Å²) in [6, 6.07) is 11.3. The van der Waals surface area contributed by atoms with E-state index < -0.39 is 0 Å². The molecule has 0 fully saturated rings. The van der Waals surface area contributed by atoms with Gasteiger partial charge >= 0.3 is 0 Å². The summed E-state index contributed by atoms with van der Waals surface area (Å²) in [5, 5.41) is 8.83. The molecule has 1 N–H and O–H groups in total. The van der Waals surface area contributed by atoms with Crippen molar-refractivity contribution in [2.75, 3.05) is 0 Å². The van der Waals surface area contributed by atoms with E-state index in [1.54, 1.807) is 12.1 Å². The quantitative estimate of drug-likeness (QED) is 0.762. The molecular formula is C12H9N3S. The van der Waals surface area contributed by atoms with Gasteiger partial charge in [-0.25, -0.2) is 4.98 Å². The van der Waals surface area contributed by atoms with Crippen LogP contribution in [0.4, 0.5) is 0 Å². The standard InChI is InChI=1S/C12H9N3S/c1-8-14-11(6-12(16)15-8)10-4-2-3-9(5-10)7-13/h2-6H,1H3,(H,14,15,16). The Morgan fingerprint density at radius 1 is 1.38 bits per heavy atom. The topological polar surface area (TPSA) is 52.5 Å². The zero-order valence-corrected chi connectivity index (χ0v) is 9.51. The first-order valence-electron chi connectivity index (χ1n) is 4.77. The minimum atomic E-state index is 0.550. The lowest BCUT2D eigenvalue weighted by molar-refractivity contribution is 1.05. The molecule has 16 heavy (non-hydrogen) atoms. The molecule has 0 radical (unpaired) electrons. The van der Waals surface area contributed by atoms with E-state index in [2.05, 4.69) is 16.0 Å². The molecule has 0 bridgehead atoms. The van der Waals surface area contributed by atoms with Crippen molar-refractivity contribution in [3.05, 3.63) is 46.4 Å². The number of aromatic amines is 1. The van der Waals surface area contributed by atoms with E-state index in [1.165, 1.54) is 0 Å². The summed E-state index contributed by atoms with van der Waals surface area (Å²) < 4.78 is 0.550. The highest BCUT2D eigenvalue weighted by molar-refractivity contribution is 7.71. The summed E-state index contributed by atoms with van der Waals surface area (Å²) >= 11 is 5.05. The van der Waals surface area contributed by atoms with Crippen LogP contribution in [0, 0.1) is 22.9 Å². The predicted molar refractivity (Wildman–Crippen MR) is 64.3 cm³/mol. The largest absolute Gasteiger partial charge is 0.343 e. The van der Waals surface area contributed by atoms with Crippen molar-refractivity contribution < 1.29 is 0 Å². The summed E-state index contributed by atoms with van der Waals surface area (Å²) in [5.74, 6) is 0.768. The Morgan fingerprint density at radius 3 is 2.88 bits per heavy atom. The normalized spacial score (nSPS) is 9.75. The molecule has 1 aromatic heterocycles. The van der Waals surface area contributed by atoms with Gasteiger partial charge in [0.2, 0.25) is 0 Å². The van der Waals surface area contributed by atoms with E-state index in [4.69, 9.17) is 17.5 Å². The van der Waals surface area contributed by atoms with Gasteiger partial charge in [-0.1, -0.05) is 24.4 Å². The second-order valence-corrected chi connectivity index (χ2v) is 3.83. The molecule has 1 aromatic carbocycles. The highest BCUT2D eigenvalue weighted by atomic mass is 32.1. The third-order valence-corrected chi connectivity index (χ3v) is 2.37. The predicted octanol–water partition coefficient (Wildman–Crippen LogP) is 2.99. The molecular weight excluding hydrogens is 218 g/mol. The Kier molecular flexibility index (Phi) is 2.80. The SMILES string of the molecule is Cc1nc(=S)cc(-c2cccc(C#N)c2)[nH]1. The van der Waals surface area contributed by atoms with Crippen LogP contribution in [0.5, 0.6) is 0 Å². The van der Waals surface area contributed by atoms with E-state index in [-0.39, 0.29) is 0 Å². The molecule has 0 saturated heterocycles. The van der Waals surface area contributed by atoms with Crippen molar-refractivity contribution >= 4 is 12.2 Å². The van der Waals surface area contributed by atoms with Gasteiger partial charge < -0.3 is 4.98 Å². The molecule has 1 heterocycles. The van der Waals surface area contributed by atoms with Gasteiger partial charge in [-0.3, -0.25) is 0 Å². The number of hydrogen-bond acceptors (Lipinski definition) is 3. The number of H-pyrrole nitrogens is 1. The van der Waals surface area contributed by atoms with Gasteiger partial charge in [0, 0.05) is 5.69 Å². The Balaban J connectivity index is 2.59. The third-order valence-electron chi connectivity index (χ3n) is 2.16. The number of hydrogen-bond donors (Lipinski definition) is 1. The second-order valence-electron chi connectivity index (χ2n) is 3.41. The van der Waals surface area contributed by atoms with Crippen LogP contribution < -0.4 is 0 Å². The van der Waals surface area contributed by atoms with Gasteiger partial charge in [0.1, 0.15) is 10.5 Å². The maximum atomic E-state index is 8.83. The van der Waals surface area contributed by atoms with Gasteiger partial charge in [-0.05, 0) is 30.7 Å². The van der Waals surface area contributed by atoms with Crippen LogP contribution in [0.25, 0.3) is 11.3 Å². The molecule has 0 amide bonds. The summed E-state index contributed by atoms with van der Waals surface area (Å²) in [6.07, 6.45) is 0. The van der Waals surface area contributed by atoms with Crippen LogP contribution in [0.2, 0.25) is 0 Å². The van der Waals surface area contributed by atoms with Crippen LogP contribution in [-0.2, 0) is 0 Å². The number of benzene rings is 1. The van der Waals surface area contributed by atoms with Crippen LogP contribution in [0.1, 0.15) is 11.4 Å². The maximum Gasteiger partial charge on any atom is 0.130 e. The fourth-order valence-electron chi connectivity index (χ4n) is 1.49. The fraction of sp³-hybridized carbons (Fsp3) is 0.0833. The summed E-state index contributed by atoms with van der Waals surface area (Å²) in [7, 11) is 0. The molecule has 78 valence electrons. The highest BCUT2D eigenvalue weighted by Gasteiger charge is 2.00. The number of nitrogens with zero attached hydrogens (tertiary/aromatic N) is 2. The second kappa shape index (κ2) is 4.25. The molecule has 0 aliphatic rings. The molecule has 0 aliphatic heterocycles. The first kappa shape index (κ1) is 10.5. The molecule has 0 saturated carbocycles. The lowest BCUT2D eigenvalue weighted by atomic mass is 10.1. The maximum absolute atomic E-state index is 8.83. The molecule has 2 aromatic rings. The Hall–Kier alpha value is -1.99. The third kappa shape index (κ3) is 2.15. The van der Waals surface area contributed by atoms with Gasteiger partial charge in [-0.15, -0.1) is 0 Å². The smallest absolute Gasteiger partial charge is 0.130 e. The van der Waals surface area contributed by atoms with Crippen LogP contribution in [0.15, 0.2) is 30.3 Å². The van der Waals surface area contributed by atoms with Crippen molar-refractivity contribution in [3.8, 4) is 17.3 Å². The highest BCUT2D eigenvalue weighted by Crippen LogP contribution is 2.17. The van der Waals surface area contributed by atoms with E-state index in [1.807, 2.05) is 25.1 Å². The molecule has 0 aliphatic carbocycles. The van der Waals surface area contributed by atoms with Gasteiger partial charge in [0.15, 0.2) is 0 Å². The number of nitriles is 1. The van der Waals surface area contributed by atoms with E-state index >= 15 is 0 Å². The molecule has 3 nitrogen and oxygen atoms in total. The van der Waals surface area contributed by atoms with Crippen molar-refractivity contribution in [3.63, 3.8) is 0 Å². The number of aromatic nitrogens is 2. The molecule has 0 atom stereocenters. The average Bonchev–Trinajstić information content (AvgIpc) is 2.28. The number of nitrogens with one attached hydrogen (secondary N) is 1.